The van der Waals surface area contributed by atoms with Gasteiger partial charge in [0.1, 0.15) is 22.2 Å². The Morgan fingerprint density at radius 2 is 1.05 bits per heavy atom. The van der Waals surface area contributed by atoms with Crippen molar-refractivity contribution in [2.24, 2.45) is 0 Å². The van der Waals surface area contributed by atoms with Crippen molar-refractivity contribution in [3.63, 3.8) is 0 Å². The molecule has 0 saturated carbocycles. The summed E-state index contributed by atoms with van der Waals surface area (Å²) in [7, 11) is 0. The third-order valence-electron chi connectivity index (χ3n) is 1.85. The van der Waals surface area contributed by atoms with E-state index in [0.29, 0.717) is 10.1 Å². The molecule has 4 nitrogen and oxygen atoms in total. The Kier molecular flexibility index (Phi) is 5.07. The number of aromatic nitrogens is 2. The number of nitriles is 2. The van der Waals surface area contributed by atoms with Gasteiger partial charge in [-0.2, -0.15) is 10.5 Å². The van der Waals surface area contributed by atoms with Crippen molar-refractivity contribution < 1.29 is 0 Å². The highest BCUT2D eigenvalue weighted by atomic mass is 32.2. The molecule has 0 N–H and O–H groups in total. The Balaban J connectivity index is 3.38. The van der Waals surface area contributed by atoms with Gasteiger partial charge in [-0.05, 0) is 0 Å². The Labute approximate surface area is 129 Å². The average Bonchev–Trinajstić information content (AvgIpc) is 2.27. The molecule has 1 rings (SSSR count). The van der Waals surface area contributed by atoms with Crippen LogP contribution in [-0.4, -0.2) is 19.5 Å². The normalized spacial score (nSPS) is 11.8. The van der Waals surface area contributed by atoms with Crippen molar-refractivity contribution in [3.05, 3.63) is 11.4 Å². The zero-order valence-corrected chi connectivity index (χ0v) is 14.2. The second kappa shape index (κ2) is 6.03. The maximum absolute atomic E-state index is 9.08. The second-order valence-electron chi connectivity index (χ2n) is 6.18. The van der Waals surface area contributed by atoms with Gasteiger partial charge in [0.25, 0.3) is 0 Å². The van der Waals surface area contributed by atoms with E-state index in [2.05, 4.69) is 51.5 Å². The fourth-order valence-corrected chi connectivity index (χ4v) is 3.22. The molecule has 1 heterocycles. The van der Waals surface area contributed by atoms with E-state index in [4.69, 9.17) is 10.5 Å². The summed E-state index contributed by atoms with van der Waals surface area (Å²) in [6.07, 6.45) is 0. The topological polar surface area (TPSA) is 73.4 Å². The molecule has 0 fully saturated rings. The smallest absolute Gasteiger partial charge is 0.178 e. The highest BCUT2D eigenvalue weighted by molar-refractivity contribution is 8.03. The summed E-state index contributed by atoms with van der Waals surface area (Å²) >= 11 is 3.12. The lowest BCUT2D eigenvalue weighted by Gasteiger charge is -2.22. The van der Waals surface area contributed by atoms with E-state index in [1.165, 1.54) is 0 Å². The fraction of sp³-hybridized carbons (Fsp3) is 0.571. The minimum Gasteiger partial charge on any atom is -0.225 e. The quantitative estimate of drug-likeness (QED) is 0.769. The molecule has 6 heteroatoms. The van der Waals surface area contributed by atoms with Crippen LogP contribution in [0, 0.1) is 22.7 Å². The van der Waals surface area contributed by atoms with Crippen LogP contribution in [0.2, 0.25) is 0 Å². The molecule has 0 aliphatic heterocycles. The van der Waals surface area contributed by atoms with Crippen LogP contribution in [0.5, 0.6) is 0 Å². The van der Waals surface area contributed by atoms with Gasteiger partial charge < -0.3 is 0 Å². The maximum atomic E-state index is 9.08. The van der Waals surface area contributed by atoms with Gasteiger partial charge in [-0.3, -0.25) is 0 Å². The first-order valence-electron chi connectivity index (χ1n) is 6.16. The van der Waals surface area contributed by atoms with E-state index in [9.17, 15) is 0 Å². The van der Waals surface area contributed by atoms with Crippen LogP contribution in [0.25, 0.3) is 0 Å². The van der Waals surface area contributed by atoms with Crippen LogP contribution in [-0.2, 0) is 0 Å². The minimum absolute atomic E-state index is 0.0389. The highest BCUT2D eigenvalue weighted by Gasteiger charge is 2.24. The molecule has 0 spiro atoms. The predicted molar refractivity (Wildman–Crippen MR) is 82.7 cm³/mol. The van der Waals surface area contributed by atoms with E-state index >= 15 is 0 Å². The van der Waals surface area contributed by atoms with Crippen molar-refractivity contribution in [2.75, 3.05) is 0 Å². The third-order valence-corrected chi connectivity index (χ3v) is 4.16. The van der Waals surface area contributed by atoms with Gasteiger partial charge >= 0.3 is 0 Å². The lowest BCUT2D eigenvalue weighted by molar-refractivity contribution is 0.773. The summed E-state index contributed by atoms with van der Waals surface area (Å²) in [6.45, 7) is 12.5. The van der Waals surface area contributed by atoms with Crippen molar-refractivity contribution in [1.82, 2.24) is 9.97 Å². The Bertz CT molecular complexity index is 530. The van der Waals surface area contributed by atoms with Crippen molar-refractivity contribution >= 4 is 23.5 Å². The van der Waals surface area contributed by atoms with Crippen LogP contribution >= 0.6 is 23.5 Å². The molecule has 0 aromatic carbocycles. The molecular weight excluding hydrogens is 288 g/mol. The van der Waals surface area contributed by atoms with E-state index in [0.717, 1.165) is 0 Å². The van der Waals surface area contributed by atoms with E-state index in [1.54, 1.807) is 23.5 Å². The summed E-state index contributed by atoms with van der Waals surface area (Å²) in [5.74, 6) is 0. The molecule has 0 saturated heterocycles. The molecule has 1 aromatic rings. The summed E-state index contributed by atoms with van der Waals surface area (Å²) in [4.78, 5) is 8.66. The monoisotopic (exact) mass is 306 g/mol. The zero-order valence-electron chi connectivity index (χ0n) is 12.6. The fourth-order valence-electron chi connectivity index (χ4n) is 1.27. The van der Waals surface area contributed by atoms with Gasteiger partial charge in [0.2, 0.25) is 0 Å². The Morgan fingerprint density at radius 1 is 0.750 bits per heavy atom. The standard InChI is InChI=1S/C14H18N4S2/c1-13(2,3)19-11-12(20-14(4,5)6)18-10(8-16)9(7-15)17-11/h1-6H3. The molecule has 0 unspecified atom stereocenters. The van der Waals surface area contributed by atoms with Gasteiger partial charge in [-0.25, -0.2) is 9.97 Å². The molecule has 0 radical (unpaired) electrons. The first-order valence-corrected chi connectivity index (χ1v) is 7.79. The van der Waals surface area contributed by atoms with Gasteiger partial charge in [0.05, 0.1) is 0 Å². The van der Waals surface area contributed by atoms with Gasteiger partial charge in [0, 0.05) is 9.49 Å². The Morgan fingerprint density at radius 3 is 1.25 bits per heavy atom. The van der Waals surface area contributed by atoms with Crippen LogP contribution in [0.15, 0.2) is 10.1 Å². The average molecular weight is 306 g/mol. The maximum Gasteiger partial charge on any atom is 0.178 e. The zero-order chi connectivity index (χ0) is 15.6. The first-order chi connectivity index (χ1) is 9.05. The lowest BCUT2D eigenvalue weighted by Crippen LogP contribution is -2.13. The molecule has 0 atom stereocenters. The van der Waals surface area contributed by atoms with E-state index < -0.39 is 0 Å². The van der Waals surface area contributed by atoms with Crippen LogP contribution in [0.4, 0.5) is 0 Å². The summed E-state index contributed by atoms with van der Waals surface area (Å²) < 4.78 is -0.0779. The van der Waals surface area contributed by atoms with Gasteiger partial charge in [0.15, 0.2) is 11.4 Å². The van der Waals surface area contributed by atoms with Crippen molar-refractivity contribution in [3.8, 4) is 12.1 Å². The highest BCUT2D eigenvalue weighted by Crippen LogP contribution is 2.40. The molecule has 0 amide bonds. The number of thioether (sulfide) groups is 2. The predicted octanol–water partition coefficient (Wildman–Crippen LogP) is 4.00. The minimum atomic E-state index is -0.0389. The lowest BCUT2D eigenvalue weighted by atomic mass is 10.3. The van der Waals surface area contributed by atoms with Crippen LogP contribution in [0.1, 0.15) is 52.9 Å². The molecule has 0 aliphatic rings. The number of rotatable bonds is 2. The van der Waals surface area contributed by atoms with Gasteiger partial charge in [-0.1, -0.05) is 65.1 Å². The summed E-state index contributed by atoms with van der Waals surface area (Å²) in [5, 5.41) is 19.6. The van der Waals surface area contributed by atoms with Crippen LogP contribution < -0.4 is 0 Å². The Hall–Kier alpha value is -1.24. The SMILES string of the molecule is CC(C)(C)Sc1nc(C#N)c(C#N)nc1SC(C)(C)C. The number of hydrogen-bond donors (Lipinski definition) is 0. The molecule has 0 bridgehead atoms. The van der Waals surface area contributed by atoms with Gasteiger partial charge in [-0.15, -0.1) is 0 Å². The largest absolute Gasteiger partial charge is 0.225 e. The van der Waals surface area contributed by atoms with Crippen LogP contribution in [0.3, 0.4) is 0 Å². The first kappa shape index (κ1) is 16.8. The van der Waals surface area contributed by atoms with E-state index in [-0.39, 0.29) is 20.9 Å². The number of hydrogen-bond acceptors (Lipinski definition) is 6. The number of nitrogens with zero attached hydrogens (tertiary/aromatic N) is 4. The summed E-state index contributed by atoms with van der Waals surface area (Å²) in [5.41, 5.74) is 0.190. The molecule has 0 aliphatic carbocycles. The summed E-state index contributed by atoms with van der Waals surface area (Å²) in [6, 6.07) is 3.89. The second-order valence-corrected chi connectivity index (χ2v) is 9.81. The van der Waals surface area contributed by atoms with E-state index in [1.807, 2.05) is 12.1 Å². The molecule has 1 aromatic heterocycles. The molecule has 20 heavy (non-hydrogen) atoms. The molecular formula is C14H18N4S2. The third kappa shape index (κ3) is 5.03. The van der Waals surface area contributed by atoms with Crippen molar-refractivity contribution in [2.45, 2.75) is 61.1 Å². The van der Waals surface area contributed by atoms with Crippen molar-refractivity contribution in [1.29, 1.82) is 10.5 Å². The molecule has 106 valence electrons.